The Morgan fingerprint density at radius 2 is 2.24 bits per heavy atom. The number of carbonyl (C=O) groups is 1. The summed E-state index contributed by atoms with van der Waals surface area (Å²) >= 11 is 1.51. The van der Waals surface area contributed by atoms with Gasteiger partial charge in [-0.1, -0.05) is 0 Å². The molecule has 0 aromatic carbocycles. The van der Waals surface area contributed by atoms with Crippen LogP contribution in [0.2, 0.25) is 0 Å². The predicted molar refractivity (Wildman–Crippen MR) is 68.1 cm³/mol. The summed E-state index contributed by atoms with van der Waals surface area (Å²) in [5.41, 5.74) is 5.87. The van der Waals surface area contributed by atoms with Gasteiger partial charge in [-0.15, -0.1) is 11.3 Å². The molecule has 2 rings (SSSR count). The van der Waals surface area contributed by atoms with Crippen LogP contribution >= 0.6 is 11.3 Å². The van der Waals surface area contributed by atoms with Crippen LogP contribution < -0.4 is 5.73 Å². The summed E-state index contributed by atoms with van der Waals surface area (Å²) in [5, 5.41) is 0. The van der Waals surface area contributed by atoms with Gasteiger partial charge in [-0.25, -0.2) is 4.79 Å². The van der Waals surface area contributed by atoms with E-state index in [1.54, 1.807) is 0 Å². The molecular weight excluding hydrogens is 236 g/mol. The number of hydrogen-bond acceptors (Lipinski definition) is 5. The maximum absolute atomic E-state index is 11.3. The Balaban J connectivity index is 1.90. The van der Waals surface area contributed by atoms with Gasteiger partial charge in [0, 0.05) is 17.5 Å². The highest BCUT2D eigenvalue weighted by Crippen LogP contribution is 2.20. The Bertz CT molecular complexity index is 384. The van der Waals surface area contributed by atoms with Crippen molar-refractivity contribution in [3.05, 3.63) is 21.9 Å². The van der Waals surface area contributed by atoms with Crippen LogP contribution in [0.1, 0.15) is 27.4 Å². The van der Waals surface area contributed by atoms with Crippen molar-refractivity contribution in [2.24, 2.45) is 5.73 Å². The molecule has 1 fully saturated rings. The smallest absolute Gasteiger partial charge is 0.348 e. The van der Waals surface area contributed by atoms with Crippen LogP contribution in [-0.4, -0.2) is 37.1 Å². The number of ether oxygens (including phenoxy) is 1. The first-order chi connectivity index (χ1) is 8.19. The van der Waals surface area contributed by atoms with E-state index in [1.165, 1.54) is 23.3 Å². The molecule has 0 spiro atoms. The summed E-state index contributed by atoms with van der Waals surface area (Å²) in [5.74, 6) is -0.248. The second kappa shape index (κ2) is 5.62. The summed E-state index contributed by atoms with van der Waals surface area (Å²) in [6, 6.07) is 4.20. The molecule has 4 nitrogen and oxygen atoms in total. The fourth-order valence-electron chi connectivity index (χ4n) is 2.00. The molecule has 1 aliphatic rings. The van der Waals surface area contributed by atoms with Crippen molar-refractivity contribution in [3.63, 3.8) is 0 Å². The number of thiophene rings is 1. The molecular formula is C12H18N2O2S. The van der Waals surface area contributed by atoms with Crippen LogP contribution in [0.15, 0.2) is 12.1 Å². The molecule has 5 heteroatoms. The highest BCUT2D eigenvalue weighted by atomic mass is 32.1. The Kier molecular flexibility index (Phi) is 4.15. The molecule has 2 heterocycles. The van der Waals surface area contributed by atoms with Crippen molar-refractivity contribution in [1.82, 2.24) is 4.90 Å². The van der Waals surface area contributed by atoms with Crippen LogP contribution in [0.5, 0.6) is 0 Å². The van der Waals surface area contributed by atoms with Crippen molar-refractivity contribution < 1.29 is 9.53 Å². The lowest BCUT2D eigenvalue weighted by Gasteiger charge is -2.29. The van der Waals surface area contributed by atoms with E-state index in [0.29, 0.717) is 10.9 Å². The van der Waals surface area contributed by atoms with Gasteiger partial charge in [-0.3, -0.25) is 4.90 Å². The molecule has 0 aliphatic carbocycles. The molecule has 17 heavy (non-hydrogen) atoms. The van der Waals surface area contributed by atoms with Crippen molar-refractivity contribution in [2.75, 3.05) is 20.2 Å². The maximum atomic E-state index is 11.3. The molecule has 0 radical (unpaired) electrons. The van der Waals surface area contributed by atoms with Crippen LogP contribution in [0.4, 0.5) is 0 Å². The van der Waals surface area contributed by atoms with Gasteiger partial charge in [0.05, 0.1) is 7.11 Å². The Hall–Kier alpha value is -0.910. The molecule has 0 amide bonds. The van der Waals surface area contributed by atoms with Crippen molar-refractivity contribution in [1.29, 1.82) is 0 Å². The fourth-order valence-corrected chi connectivity index (χ4v) is 2.97. The fraction of sp³-hybridized carbons (Fsp3) is 0.583. The van der Waals surface area contributed by atoms with Crippen LogP contribution in [0, 0.1) is 0 Å². The molecule has 0 unspecified atom stereocenters. The maximum Gasteiger partial charge on any atom is 0.348 e. The third-order valence-corrected chi connectivity index (χ3v) is 4.11. The zero-order valence-corrected chi connectivity index (χ0v) is 10.8. The summed E-state index contributed by atoms with van der Waals surface area (Å²) in [4.78, 5) is 15.6. The molecule has 0 saturated carbocycles. The molecule has 1 saturated heterocycles. The van der Waals surface area contributed by atoms with E-state index in [0.717, 1.165) is 32.5 Å². The third kappa shape index (κ3) is 3.28. The van der Waals surface area contributed by atoms with Gasteiger partial charge in [-0.2, -0.15) is 0 Å². The molecule has 2 N–H and O–H groups in total. The number of nitrogens with zero attached hydrogens (tertiary/aromatic N) is 1. The summed E-state index contributed by atoms with van der Waals surface area (Å²) in [6.07, 6.45) is 2.13. The van der Waals surface area contributed by atoms with E-state index in [9.17, 15) is 4.79 Å². The van der Waals surface area contributed by atoms with E-state index in [1.807, 2.05) is 12.1 Å². The van der Waals surface area contributed by atoms with Gasteiger partial charge >= 0.3 is 5.97 Å². The van der Waals surface area contributed by atoms with Gasteiger partial charge in [0.15, 0.2) is 0 Å². The number of nitrogens with two attached hydrogens (primary N) is 1. The van der Waals surface area contributed by atoms with Gasteiger partial charge in [0.25, 0.3) is 0 Å². The van der Waals surface area contributed by atoms with Crippen molar-refractivity contribution >= 4 is 17.3 Å². The number of rotatable bonds is 3. The van der Waals surface area contributed by atoms with E-state index in [4.69, 9.17) is 10.5 Å². The summed E-state index contributed by atoms with van der Waals surface area (Å²) < 4.78 is 4.69. The van der Waals surface area contributed by atoms with Gasteiger partial charge < -0.3 is 10.5 Å². The molecule has 1 aliphatic heterocycles. The van der Waals surface area contributed by atoms with Crippen molar-refractivity contribution in [2.45, 2.75) is 25.4 Å². The molecule has 0 atom stereocenters. The first kappa shape index (κ1) is 12.5. The first-order valence-electron chi connectivity index (χ1n) is 5.84. The molecule has 1 aromatic heterocycles. The zero-order chi connectivity index (χ0) is 12.3. The highest BCUT2D eigenvalue weighted by Gasteiger charge is 2.17. The minimum atomic E-state index is -0.248. The monoisotopic (exact) mass is 254 g/mol. The average molecular weight is 254 g/mol. The minimum absolute atomic E-state index is 0.248. The zero-order valence-electron chi connectivity index (χ0n) is 10.0. The SMILES string of the molecule is COC(=O)c1ccc(CN2CCC(N)CC2)s1. The average Bonchev–Trinajstić information content (AvgIpc) is 2.80. The molecule has 0 bridgehead atoms. The number of carbonyl (C=O) groups excluding carboxylic acids is 1. The number of methoxy groups -OCH3 is 1. The van der Waals surface area contributed by atoms with Gasteiger partial charge in [0.1, 0.15) is 4.88 Å². The molecule has 94 valence electrons. The Morgan fingerprint density at radius 3 is 2.88 bits per heavy atom. The second-order valence-corrected chi connectivity index (χ2v) is 5.54. The number of esters is 1. The Morgan fingerprint density at radius 1 is 1.53 bits per heavy atom. The third-order valence-electron chi connectivity index (χ3n) is 3.06. The predicted octanol–water partition coefficient (Wildman–Crippen LogP) is 1.46. The first-order valence-corrected chi connectivity index (χ1v) is 6.65. The van der Waals surface area contributed by atoms with Crippen LogP contribution in [-0.2, 0) is 11.3 Å². The van der Waals surface area contributed by atoms with Crippen LogP contribution in [0.3, 0.4) is 0 Å². The lowest BCUT2D eigenvalue weighted by atomic mass is 10.1. The second-order valence-electron chi connectivity index (χ2n) is 4.37. The summed E-state index contributed by atoms with van der Waals surface area (Å²) in [7, 11) is 1.41. The van der Waals surface area contributed by atoms with Crippen molar-refractivity contribution in [3.8, 4) is 0 Å². The Labute approximate surface area is 105 Å². The van der Waals surface area contributed by atoms with Gasteiger partial charge in [-0.05, 0) is 38.1 Å². The normalized spacial score (nSPS) is 18.2. The largest absolute Gasteiger partial charge is 0.465 e. The standard InChI is InChI=1S/C12H18N2O2S/c1-16-12(15)11-3-2-10(17-11)8-14-6-4-9(13)5-7-14/h2-3,9H,4-8,13H2,1H3. The lowest BCUT2D eigenvalue weighted by Crippen LogP contribution is -2.39. The van der Waals surface area contributed by atoms with Crippen LogP contribution in [0.25, 0.3) is 0 Å². The lowest BCUT2D eigenvalue weighted by molar-refractivity contribution is 0.0606. The quantitative estimate of drug-likeness (QED) is 0.830. The summed E-state index contributed by atoms with van der Waals surface area (Å²) in [6.45, 7) is 3.01. The number of hydrogen-bond donors (Lipinski definition) is 1. The minimum Gasteiger partial charge on any atom is -0.465 e. The van der Waals surface area contributed by atoms with E-state index in [-0.39, 0.29) is 5.97 Å². The van der Waals surface area contributed by atoms with Gasteiger partial charge in [0.2, 0.25) is 0 Å². The highest BCUT2D eigenvalue weighted by molar-refractivity contribution is 7.13. The van der Waals surface area contributed by atoms with E-state index < -0.39 is 0 Å². The number of piperidine rings is 1. The van der Waals surface area contributed by atoms with E-state index in [2.05, 4.69) is 4.90 Å². The topological polar surface area (TPSA) is 55.6 Å². The number of likely N-dealkylation sites (tertiary alicyclic amines) is 1. The molecule has 1 aromatic rings. The van der Waals surface area contributed by atoms with E-state index >= 15 is 0 Å².